The first-order chi connectivity index (χ1) is 14.5. The van der Waals surface area contributed by atoms with Crippen LogP contribution in [0.3, 0.4) is 0 Å². The average Bonchev–Trinajstić information content (AvgIpc) is 2.72. The maximum Gasteiger partial charge on any atom is 0.524 e. The average molecular weight is 471 g/mol. The predicted molar refractivity (Wildman–Crippen MR) is 114 cm³/mol. The minimum Gasteiger partial charge on any atom is -0.497 e. The molecule has 0 amide bonds. The number of hydrogen-bond acceptors (Lipinski definition) is 4. The number of alkyl halides is 3. The molecule has 0 spiro atoms. The van der Waals surface area contributed by atoms with E-state index in [4.69, 9.17) is 8.37 Å². The van der Waals surface area contributed by atoms with Crippen LogP contribution in [0, 0.1) is 13.8 Å². The second kappa shape index (κ2) is 8.57. The predicted octanol–water partition coefficient (Wildman–Crippen LogP) is 6.37. The molecule has 0 bridgehead atoms. The molecule has 3 rings (SSSR count). The summed E-state index contributed by atoms with van der Waals surface area (Å²) in [5.41, 5.74) is -3.84. The van der Waals surface area contributed by atoms with Crippen LogP contribution in [-0.4, -0.2) is 21.0 Å². The molecule has 0 saturated carbocycles. The van der Waals surface area contributed by atoms with Crippen molar-refractivity contribution in [3.05, 3.63) is 83.9 Å². The summed E-state index contributed by atoms with van der Waals surface area (Å²) < 4.78 is 75.2. The number of halogens is 3. The largest absolute Gasteiger partial charge is 0.524 e. The van der Waals surface area contributed by atoms with Gasteiger partial charge < -0.3 is 4.74 Å². The third-order valence-corrected chi connectivity index (χ3v) is 9.48. The van der Waals surface area contributed by atoms with Crippen molar-refractivity contribution >= 4 is 20.4 Å². The zero-order valence-electron chi connectivity index (χ0n) is 17.0. The summed E-state index contributed by atoms with van der Waals surface area (Å²) in [4.78, 5) is 0.925. The molecule has 0 N–H and O–H groups in total. The SMILES string of the molecule is COc1ccc(S(OS(=O)(=O)C(F)(F)F)(c2ccc(C)cc2)c2ccc(C)cc2)cc1. The van der Waals surface area contributed by atoms with E-state index in [0.717, 1.165) is 11.1 Å². The molecule has 0 unspecified atom stereocenters. The van der Waals surface area contributed by atoms with Crippen LogP contribution >= 0.6 is 10.3 Å². The van der Waals surface area contributed by atoms with Crippen molar-refractivity contribution in [3.8, 4) is 5.75 Å². The van der Waals surface area contributed by atoms with Gasteiger partial charge in [-0.2, -0.15) is 25.2 Å². The Morgan fingerprint density at radius 3 is 1.35 bits per heavy atom. The zero-order valence-corrected chi connectivity index (χ0v) is 18.6. The fourth-order valence-corrected chi connectivity index (χ4v) is 7.63. The van der Waals surface area contributed by atoms with Gasteiger partial charge in [-0.3, -0.25) is 0 Å². The fraction of sp³-hybridized carbons (Fsp3) is 0.182. The second-order valence-electron chi connectivity index (χ2n) is 6.83. The lowest BCUT2D eigenvalue weighted by Crippen LogP contribution is -2.27. The first-order valence-corrected chi connectivity index (χ1v) is 12.1. The van der Waals surface area contributed by atoms with E-state index in [1.807, 2.05) is 13.8 Å². The van der Waals surface area contributed by atoms with Crippen molar-refractivity contribution in [2.24, 2.45) is 0 Å². The van der Waals surface area contributed by atoms with E-state index in [0.29, 0.717) is 15.5 Å². The van der Waals surface area contributed by atoms with E-state index in [1.54, 1.807) is 60.7 Å². The third kappa shape index (κ3) is 4.58. The maximum absolute atomic E-state index is 13.4. The molecule has 0 atom stereocenters. The number of methoxy groups -OCH3 is 1. The highest BCUT2D eigenvalue weighted by molar-refractivity contribution is 8.33. The van der Waals surface area contributed by atoms with E-state index in [9.17, 15) is 21.6 Å². The summed E-state index contributed by atoms with van der Waals surface area (Å²) in [6, 6.07) is 19.4. The van der Waals surface area contributed by atoms with E-state index in [-0.39, 0.29) is 4.90 Å². The van der Waals surface area contributed by atoms with Gasteiger partial charge in [0, 0.05) is 14.7 Å². The monoisotopic (exact) mass is 470 g/mol. The summed E-state index contributed by atoms with van der Waals surface area (Å²) >= 11 is 0. The van der Waals surface area contributed by atoms with Crippen LogP contribution in [0.15, 0.2) is 87.5 Å². The molecule has 166 valence electrons. The summed E-state index contributed by atoms with van der Waals surface area (Å²) in [5.74, 6) is 0.476. The second-order valence-corrected chi connectivity index (χ2v) is 11.3. The van der Waals surface area contributed by atoms with Crippen LogP contribution in [-0.2, 0) is 13.7 Å². The minimum atomic E-state index is -5.93. The van der Waals surface area contributed by atoms with Crippen LogP contribution in [0.1, 0.15) is 11.1 Å². The molecule has 0 aliphatic rings. The number of ether oxygens (including phenoxy) is 1. The third-order valence-electron chi connectivity index (χ3n) is 4.57. The van der Waals surface area contributed by atoms with Gasteiger partial charge in [0.15, 0.2) is 0 Å². The van der Waals surface area contributed by atoms with Crippen LogP contribution in [0.25, 0.3) is 0 Å². The van der Waals surface area contributed by atoms with Crippen molar-refractivity contribution in [1.29, 1.82) is 0 Å². The van der Waals surface area contributed by atoms with Crippen molar-refractivity contribution in [2.45, 2.75) is 34.0 Å². The molecule has 0 radical (unpaired) electrons. The van der Waals surface area contributed by atoms with Crippen LogP contribution in [0.5, 0.6) is 5.75 Å². The van der Waals surface area contributed by atoms with Crippen LogP contribution in [0.4, 0.5) is 13.2 Å². The first-order valence-electron chi connectivity index (χ1n) is 9.13. The topological polar surface area (TPSA) is 52.6 Å². The van der Waals surface area contributed by atoms with Gasteiger partial charge in [-0.25, -0.2) is 0 Å². The van der Waals surface area contributed by atoms with Gasteiger partial charge in [0.05, 0.1) is 7.11 Å². The molecule has 3 aromatic rings. The van der Waals surface area contributed by atoms with Crippen molar-refractivity contribution in [1.82, 2.24) is 0 Å². The van der Waals surface area contributed by atoms with Crippen LogP contribution < -0.4 is 4.74 Å². The Bertz CT molecular complexity index is 1090. The molecular weight excluding hydrogens is 449 g/mol. The van der Waals surface area contributed by atoms with Gasteiger partial charge in [-0.05, 0) is 72.7 Å². The first kappa shape index (κ1) is 23.2. The molecule has 31 heavy (non-hydrogen) atoms. The Morgan fingerprint density at radius 1 is 0.677 bits per heavy atom. The zero-order chi connectivity index (χ0) is 22.9. The van der Waals surface area contributed by atoms with Crippen molar-refractivity contribution in [2.75, 3.05) is 7.11 Å². The highest BCUT2D eigenvalue weighted by Gasteiger charge is 2.52. The number of rotatable bonds is 6. The molecular formula is C22H21F3O4S2. The van der Waals surface area contributed by atoms with Gasteiger partial charge in [-0.1, -0.05) is 35.4 Å². The maximum atomic E-state index is 13.4. The minimum absolute atomic E-state index is 0.286. The molecule has 0 aromatic heterocycles. The van der Waals surface area contributed by atoms with Gasteiger partial charge in [0.25, 0.3) is 0 Å². The van der Waals surface area contributed by atoms with Gasteiger partial charge in [-0.15, -0.1) is 0 Å². The molecule has 9 heteroatoms. The summed E-state index contributed by atoms with van der Waals surface area (Å²) in [6.07, 6.45) is 0. The lowest BCUT2D eigenvalue weighted by Gasteiger charge is -2.39. The van der Waals surface area contributed by atoms with Crippen molar-refractivity contribution < 1.29 is 30.0 Å². The Hall–Kier alpha value is -2.49. The molecule has 0 aliphatic heterocycles. The summed E-state index contributed by atoms with van der Waals surface area (Å²) in [6.45, 7) is 3.65. The Kier molecular flexibility index (Phi) is 6.40. The quantitative estimate of drug-likeness (QED) is 0.393. The summed E-state index contributed by atoms with van der Waals surface area (Å²) in [5, 5.41) is 0. The van der Waals surface area contributed by atoms with E-state index >= 15 is 0 Å². The fourth-order valence-electron chi connectivity index (χ4n) is 2.93. The molecule has 4 nitrogen and oxygen atoms in total. The standard InChI is InChI=1S/C22H21F3O4S2/c1-16-4-10-19(11-5-16)30(20-12-6-17(2)7-13-20,29-31(26,27)22(23,24)25)21-14-8-18(28-3)9-15-21/h4-15H,1-3H3. The van der Waals surface area contributed by atoms with Crippen LogP contribution in [0.2, 0.25) is 0 Å². The Morgan fingerprint density at radius 2 is 1.03 bits per heavy atom. The van der Waals surface area contributed by atoms with Gasteiger partial charge >= 0.3 is 15.6 Å². The van der Waals surface area contributed by atoms with Crippen molar-refractivity contribution in [3.63, 3.8) is 0 Å². The number of benzene rings is 3. The Labute approximate surface area is 181 Å². The number of hydrogen-bond donors (Lipinski definition) is 0. The highest BCUT2D eigenvalue weighted by atomic mass is 32.3. The molecule has 0 fully saturated rings. The van der Waals surface area contributed by atoms with Gasteiger partial charge in [0.2, 0.25) is 0 Å². The van der Waals surface area contributed by atoms with Gasteiger partial charge in [0.1, 0.15) is 5.75 Å². The molecule has 0 heterocycles. The Balaban J connectivity index is 2.39. The number of aryl methyl sites for hydroxylation is 2. The van der Waals surface area contributed by atoms with E-state index in [2.05, 4.69) is 0 Å². The normalized spacial score (nSPS) is 13.1. The van der Waals surface area contributed by atoms with E-state index < -0.39 is 25.9 Å². The lowest BCUT2D eigenvalue weighted by atomic mass is 10.2. The molecule has 0 saturated heterocycles. The molecule has 0 aliphatic carbocycles. The highest BCUT2D eigenvalue weighted by Crippen LogP contribution is 2.70. The van der Waals surface area contributed by atoms with E-state index in [1.165, 1.54) is 19.2 Å². The summed E-state index contributed by atoms with van der Waals surface area (Å²) in [7, 11) is -7.77. The smallest absolute Gasteiger partial charge is 0.497 e. The lowest BCUT2D eigenvalue weighted by molar-refractivity contribution is -0.0496. The molecule has 3 aromatic carbocycles.